The Balaban J connectivity index is 1.50. The molecule has 1 aromatic carbocycles. The van der Waals surface area contributed by atoms with Crippen molar-refractivity contribution in [2.45, 2.75) is 18.9 Å². The van der Waals surface area contributed by atoms with Gasteiger partial charge < -0.3 is 10.0 Å². The molecule has 0 bridgehead atoms. The Bertz CT molecular complexity index is 1250. The quantitative estimate of drug-likeness (QED) is 0.557. The van der Waals surface area contributed by atoms with Gasteiger partial charge in [0.2, 0.25) is 0 Å². The Hall–Kier alpha value is -3.58. The van der Waals surface area contributed by atoms with Gasteiger partial charge in [-0.2, -0.15) is 5.10 Å². The standard InChI is InChI=1S/C24H23N5O2/c1-28-14-19(11-27-28)16-4-6-17(7-5-16)22-12-25-13-23-21(22)9-18(10-26-23)24(31)29-8-2-3-20(30)15-29/h4-7,9-14,20,30H,2-3,8,15H2,1H3. The van der Waals surface area contributed by atoms with Gasteiger partial charge >= 0.3 is 0 Å². The maximum Gasteiger partial charge on any atom is 0.255 e. The van der Waals surface area contributed by atoms with Crippen LogP contribution < -0.4 is 0 Å². The van der Waals surface area contributed by atoms with Crippen LogP contribution in [0.2, 0.25) is 0 Å². The third kappa shape index (κ3) is 3.80. The number of rotatable bonds is 3. The molecule has 1 saturated heterocycles. The zero-order chi connectivity index (χ0) is 21.4. The molecule has 31 heavy (non-hydrogen) atoms. The highest BCUT2D eigenvalue weighted by Crippen LogP contribution is 2.30. The van der Waals surface area contributed by atoms with E-state index in [1.54, 1.807) is 22.0 Å². The first-order valence-electron chi connectivity index (χ1n) is 10.4. The van der Waals surface area contributed by atoms with Gasteiger partial charge in [-0.15, -0.1) is 0 Å². The molecule has 3 aromatic heterocycles. The number of aliphatic hydroxyl groups is 1. The lowest BCUT2D eigenvalue weighted by molar-refractivity contribution is 0.0473. The van der Waals surface area contributed by atoms with Gasteiger partial charge in [0.25, 0.3) is 5.91 Å². The number of piperidine rings is 1. The van der Waals surface area contributed by atoms with E-state index in [9.17, 15) is 9.90 Å². The Morgan fingerprint density at radius 2 is 1.87 bits per heavy atom. The Labute approximate surface area is 180 Å². The van der Waals surface area contributed by atoms with Crippen molar-refractivity contribution in [3.63, 3.8) is 0 Å². The highest BCUT2D eigenvalue weighted by atomic mass is 16.3. The monoisotopic (exact) mass is 413 g/mol. The number of carbonyl (C=O) groups excluding carboxylic acids is 1. The Morgan fingerprint density at radius 3 is 2.61 bits per heavy atom. The summed E-state index contributed by atoms with van der Waals surface area (Å²) in [5.41, 5.74) is 5.35. The fourth-order valence-electron chi connectivity index (χ4n) is 4.13. The zero-order valence-corrected chi connectivity index (χ0v) is 17.3. The predicted molar refractivity (Wildman–Crippen MR) is 118 cm³/mol. The van der Waals surface area contributed by atoms with E-state index in [1.165, 1.54) is 0 Å². The number of hydrogen-bond donors (Lipinski definition) is 1. The number of nitrogens with zero attached hydrogens (tertiary/aromatic N) is 5. The van der Waals surface area contributed by atoms with Crippen LogP contribution in [0.15, 0.2) is 61.3 Å². The molecule has 0 saturated carbocycles. The minimum Gasteiger partial charge on any atom is -0.391 e. The van der Waals surface area contributed by atoms with Crippen molar-refractivity contribution in [2.24, 2.45) is 7.05 Å². The summed E-state index contributed by atoms with van der Waals surface area (Å²) in [5.74, 6) is -0.0946. The van der Waals surface area contributed by atoms with Crippen LogP contribution in [-0.2, 0) is 7.05 Å². The number of likely N-dealkylation sites (tertiary alicyclic amines) is 1. The van der Waals surface area contributed by atoms with Crippen molar-refractivity contribution in [3.05, 3.63) is 66.9 Å². The molecule has 4 aromatic rings. The molecule has 7 heteroatoms. The summed E-state index contributed by atoms with van der Waals surface area (Å²) in [7, 11) is 1.90. The summed E-state index contributed by atoms with van der Waals surface area (Å²) in [6.07, 6.45) is 10.0. The van der Waals surface area contributed by atoms with Crippen molar-refractivity contribution in [1.82, 2.24) is 24.6 Å². The number of benzene rings is 1. The number of aryl methyl sites for hydroxylation is 1. The number of hydrogen-bond acceptors (Lipinski definition) is 5. The number of fused-ring (bicyclic) bond motifs is 1. The summed E-state index contributed by atoms with van der Waals surface area (Å²) in [4.78, 5) is 23.5. The minimum atomic E-state index is -0.454. The molecule has 156 valence electrons. The van der Waals surface area contributed by atoms with E-state index in [4.69, 9.17) is 0 Å². The summed E-state index contributed by atoms with van der Waals surface area (Å²) in [6.45, 7) is 1.03. The molecule has 5 rings (SSSR count). The molecule has 1 unspecified atom stereocenters. The van der Waals surface area contributed by atoms with Gasteiger partial charge in [0.1, 0.15) is 0 Å². The number of amides is 1. The first-order chi connectivity index (χ1) is 15.1. The minimum absolute atomic E-state index is 0.0946. The summed E-state index contributed by atoms with van der Waals surface area (Å²) >= 11 is 0. The van der Waals surface area contributed by atoms with Crippen LogP contribution in [0.4, 0.5) is 0 Å². The van der Waals surface area contributed by atoms with E-state index in [0.717, 1.165) is 46.0 Å². The molecule has 1 amide bonds. The van der Waals surface area contributed by atoms with Crippen molar-refractivity contribution < 1.29 is 9.90 Å². The molecule has 4 heterocycles. The Morgan fingerprint density at radius 1 is 1.06 bits per heavy atom. The van der Waals surface area contributed by atoms with Gasteiger partial charge in [-0.1, -0.05) is 24.3 Å². The van der Waals surface area contributed by atoms with E-state index < -0.39 is 6.10 Å². The summed E-state index contributed by atoms with van der Waals surface area (Å²) in [5, 5.41) is 15.0. The molecular weight excluding hydrogens is 390 g/mol. The van der Waals surface area contributed by atoms with Crippen LogP contribution >= 0.6 is 0 Å². The van der Waals surface area contributed by atoms with E-state index >= 15 is 0 Å². The normalized spacial score (nSPS) is 16.6. The van der Waals surface area contributed by atoms with Gasteiger partial charge in [-0.3, -0.25) is 19.4 Å². The number of carbonyl (C=O) groups is 1. The van der Waals surface area contributed by atoms with Crippen molar-refractivity contribution in [2.75, 3.05) is 13.1 Å². The zero-order valence-electron chi connectivity index (χ0n) is 17.3. The van der Waals surface area contributed by atoms with Crippen LogP contribution in [0.3, 0.4) is 0 Å². The van der Waals surface area contributed by atoms with Crippen LogP contribution in [0.5, 0.6) is 0 Å². The topological polar surface area (TPSA) is 84.1 Å². The average molecular weight is 413 g/mol. The fraction of sp³-hybridized carbons (Fsp3) is 0.250. The van der Waals surface area contributed by atoms with Crippen LogP contribution in [0.25, 0.3) is 33.2 Å². The average Bonchev–Trinajstić information content (AvgIpc) is 3.24. The van der Waals surface area contributed by atoms with Crippen LogP contribution in [0.1, 0.15) is 23.2 Å². The second-order valence-electron chi connectivity index (χ2n) is 8.00. The highest BCUT2D eigenvalue weighted by Gasteiger charge is 2.23. The van der Waals surface area contributed by atoms with Crippen molar-refractivity contribution in [1.29, 1.82) is 0 Å². The summed E-state index contributed by atoms with van der Waals surface area (Å²) < 4.78 is 1.78. The van der Waals surface area contributed by atoms with Gasteiger partial charge in [0.05, 0.1) is 29.6 Å². The molecule has 1 aliphatic rings. The fourth-order valence-corrected chi connectivity index (χ4v) is 4.13. The Kier molecular flexibility index (Phi) is 4.95. The van der Waals surface area contributed by atoms with Crippen molar-refractivity contribution in [3.8, 4) is 22.3 Å². The lowest BCUT2D eigenvalue weighted by Gasteiger charge is -2.30. The number of aromatic nitrogens is 4. The number of pyridine rings is 2. The molecule has 1 aliphatic heterocycles. The third-order valence-electron chi connectivity index (χ3n) is 5.77. The smallest absolute Gasteiger partial charge is 0.255 e. The first kappa shape index (κ1) is 19.4. The molecule has 1 fully saturated rings. The highest BCUT2D eigenvalue weighted by molar-refractivity contribution is 6.01. The van der Waals surface area contributed by atoms with Gasteiger partial charge in [0, 0.05) is 55.2 Å². The van der Waals surface area contributed by atoms with Gasteiger partial charge in [-0.05, 0) is 30.0 Å². The van der Waals surface area contributed by atoms with Crippen LogP contribution in [0, 0.1) is 0 Å². The molecule has 7 nitrogen and oxygen atoms in total. The lowest BCUT2D eigenvalue weighted by Crippen LogP contribution is -2.42. The second-order valence-corrected chi connectivity index (χ2v) is 8.00. The summed E-state index contributed by atoms with van der Waals surface area (Å²) in [6, 6.07) is 10.1. The second kappa shape index (κ2) is 7.92. The van der Waals surface area contributed by atoms with Crippen LogP contribution in [-0.4, -0.2) is 54.9 Å². The third-order valence-corrected chi connectivity index (χ3v) is 5.77. The SMILES string of the molecule is Cn1cc(-c2ccc(-c3cncc4ncc(C(=O)N5CCCC(O)C5)cc34)cc2)cn1. The predicted octanol–water partition coefficient (Wildman–Crippen LogP) is 3.29. The molecule has 1 atom stereocenters. The van der Waals surface area contributed by atoms with Gasteiger partial charge in [-0.25, -0.2) is 0 Å². The molecular formula is C24H23N5O2. The largest absolute Gasteiger partial charge is 0.391 e. The van der Waals surface area contributed by atoms with Gasteiger partial charge in [0.15, 0.2) is 0 Å². The van der Waals surface area contributed by atoms with Crippen molar-refractivity contribution >= 4 is 16.8 Å². The molecule has 0 aliphatic carbocycles. The first-order valence-corrected chi connectivity index (χ1v) is 10.4. The lowest BCUT2D eigenvalue weighted by atomic mass is 9.99. The molecule has 0 spiro atoms. The van der Waals surface area contributed by atoms with E-state index in [0.29, 0.717) is 18.7 Å². The number of β-amino-alcohol motifs (C(OH)–C–C–N with tert-alkyl or cyclic N) is 1. The maximum absolute atomic E-state index is 13.0. The molecule has 1 N–H and O–H groups in total. The van der Waals surface area contributed by atoms with E-state index in [2.05, 4.69) is 27.2 Å². The molecule has 0 radical (unpaired) electrons. The maximum atomic E-state index is 13.0. The van der Waals surface area contributed by atoms with E-state index in [1.807, 2.05) is 43.8 Å². The van der Waals surface area contributed by atoms with E-state index in [-0.39, 0.29) is 5.91 Å². The number of aliphatic hydroxyl groups excluding tert-OH is 1.